The number of methoxy groups -OCH3 is 1. The molecular weight excluding hydrogens is 417 g/mol. The summed E-state index contributed by atoms with van der Waals surface area (Å²) in [7, 11) is 1.33. The molecule has 2 heterocycles. The Labute approximate surface area is 182 Å². The van der Waals surface area contributed by atoms with Crippen LogP contribution >= 0.6 is 0 Å². The number of rotatable bonds is 5. The number of nitrogens with two attached hydrogens (primary N) is 1. The van der Waals surface area contributed by atoms with E-state index in [4.69, 9.17) is 10.5 Å². The fourth-order valence-electron chi connectivity index (χ4n) is 4.13. The van der Waals surface area contributed by atoms with E-state index in [9.17, 15) is 23.9 Å². The number of halogens is 1. The van der Waals surface area contributed by atoms with Gasteiger partial charge in [0.15, 0.2) is 0 Å². The second-order valence-corrected chi connectivity index (χ2v) is 7.44. The van der Waals surface area contributed by atoms with Gasteiger partial charge in [0.1, 0.15) is 11.9 Å². The number of hydrogen-bond donors (Lipinski definition) is 3. The molecule has 32 heavy (non-hydrogen) atoms. The number of fused-ring (bicyclic) bond motifs is 3. The first-order valence-electron chi connectivity index (χ1n) is 9.76. The number of ether oxygens (including phenoxy) is 1. The summed E-state index contributed by atoms with van der Waals surface area (Å²) in [5.41, 5.74) is 7.05. The molecule has 1 aliphatic heterocycles. The van der Waals surface area contributed by atoms with Gasteiger partial charge in [0.2, 0.25) is 5.91 Å². The molecule has 4 rings (SSSR count). The lowest BCUT2D eigenvalue weighted by Crippen LogP contribution is -2.41. The van der Waals surface area contributed by atoms with Gasteiger partial charge in [-0.1, -0.05) is 18.2 Å². The number of carbonyl (C=O) groups is 3. The third-order valence-corrected chi connectivity index (χ3v) is 5.55. The Hall–Kier alpha value is -3.98. The van der Waals surface area contributed by atoms with Gasteiger partial charge in [-0.15, -0.1) is 0 Å². The van der Waals surface area contributed by atoms with E-state index < -0.39 is 35.6 Å². The summed E-state index contributed by atoms with van der Waals surface area (Å²) in [6.45, 7) is -0.0801. The van der Waals surface area contributed by atoms with Crippen molar-refractivity contribution in [1.82, 2.24) is 9.88 Å². The van der Waals surface area contributed by atoms with Crippen LogP contribution in [0.25, 0.3) is 16.5 Å². The molecule has 3 aromatic rings. The highest BCUT2D eigenvalue weighted by Gasteiger charge is 2.38. The Kier molecular flexibility index (Phi) is 5.50. The Balaban J connectivity index is 1.93. The highest BCUT2D eigenvalue weighted by molar-refractivity contribution is 6.17. The van der Waals surface area contributed by atoms with Crippen LogP contribution in [-0.4, -0.2) is 52.5 Å². The Morgan fingerprint density at radius 1 is 1.19 bits per heavy atom. The molecule has 2 unspecified atom stereocenters. The van der Waals surface area contributed by atoms with Crippen LogP contribution in [0.15, 0.2) is 54.7 Å². The molecule has 0 saturated heterocycles. The number of aromatic nitrogens is 1. The van der Waals surface area contributed by atoms with Crippen LogP contribution in [0, 0.1) is 5.82 Å². The van der Waals surface area contributed by atoms with E-state index in [0.29, 0.717) is 16.5 Å². The van der Waals surface area contributed by atoms with Crippen molar-refractivity contribution in [2.75, 3.05) is 13.7 Å². The number of benzene rings is 2. The lowest BCUT2D eigenvalue weighted by atomic mass is 9.89. The number of aliphatic carboxylic acids is 1. The Bertz CT molecular complexity index is 1250. The van der Waals surface area contributed by atoms with Gasteiger partial charge in [0.05, 0.1) is 11.3 Å². The van der Waals surface area contributed by atoms with Crippen LogP contribution in [0.1, 0.15) is 27.5 Å². The molecule has 0 radical (unpaired) electrons. The first-order chi connectivity index (χ1) is 15.3. The van der Waals surface area contributed by atoms with Crippen molar-refractivity contribution in [3.05, 3.63) is 77.4 Å². The van der Waals surface area contributed by atoms with Crippen LogP contribution in [0.2, 0.25) is 0 Å². The van der Waals surface area contributed by atoms with Gasteiger partial charge < -0.3 is 25.5 Å². The summed E-state index contributed by atoms with van der Waals surface area (Å²) >= 11 is 0. The van der Waals surface area contributed by atoms with E-state index in [1.807, 2.05) is 0 Å². The van der Waals surface area contributed by atoms with E-state index in [-0.39, 0.29) is 23.4 Å². The van der Waals surface area contributed by atoms with Crippen molar-refractivity contribution < 1.29 is 28.6 Å². The zero-order valence-electron chi connectivity index (χ0n) is 17.0. The van der Waals surface area contributed by atoms with Crippen LogP contribution in [-0.2, 0) is 14.3 Å². The summed E-state index contributed by atoms with van der Waals surface area (Å²) in [4.78, 5) is 41.9. The molecule has 2 amide bonds. The topological polar surface area (TPSA) is 126 Å². The van der Waals surface area contributed by atoms with Crippen LogP contribution in [0.3, 0.4) is 0 Å². The number of carboxylic acid groups (broad SMARTS) is 1. The maximum Gasteiger partial charge on any atom is 0.339 e. The number of nitrogens with one attached hydrogen (secondary N) is 1. The Morgan fingerprint density at radius 3 is 2.50 bits per heavy atom. The van der Waals surface area contributed by atoms with E-state index in [1.54, 1.807) is 24.3 Å². The van der Waals surface area contributed by atoms with E-state index in [0.717, 1.165) is 12.1 Å². The summed E-state index contributed by atoms with van der Waals surface area (Å²) in [5.74, 6) is -3.83. The van der Waals surface area contributed by atoms with Gasteiger partial charge in [0, 0.05) is 42.2 Å². The zero-order chi connectivity index (χ0) is 23.0. The molecule has 0 spiro atoms. The van der Waals surface area contributed by atoms with Crippen molar-refractivity contribution in [3.63, 3.8) is 0 Å². The summed E-state index contributed by atoms with van der Waals surface area (Å²) in [5, 5.41) is 10.6. The molecule has 0 fully saturated rings. The highest BCUT2D eigenvalue weighted by atomic mass is 19.1. The normalized spacial score (nSPS) is 16.8. The Morgan fingerprint density at radius 2 is 1.88 bits per heavy atom. The minimum atomic E-state index is -1.26. The molecule has 0 saturated carbocycles. The molecule has 4 N–H and O–H groups in total. The van der Waals surface area contributed by atoms with Crippen molar-refractivity contribution in [2.45, 2.75) is 12.0 Å². The molecule has 164 valence electrons. The lowest BCUT2D eigenvalue weighted by molar-refractivity contribution is -0.130. The number of carbonyl (C=O) groups excluding carboxylic acids is 2. The monoisotopic (exact) mass is 437 g/mol. The second kappa shape index (κ2) is 8.27. The zero-order valence-corrected chi connectivity index (χ0v) is 17.0. The molecule has 0 bridgehead atoms. The summed E-state index contributed by atoms with van der Waals surface area (Å²) < 4.78 is 18.7. The van der Waals surface area contributed by atoms with Crippen molar-refractivity contribution in [1.29, 1.82) is 0 Å². The van der Waals surface area contributed by atoms with E-state index in [2.05, 4.69) is 4.98 Å². The third kappa shape index (κ3) is 3.63. The van der Waals surface area contributed by atoms with Crippen molar-refractivity contribution in [3.8, 4) is 0 Å². The number of amides is 2. The average Bonchev–Trinajstić information content (AvgIpc) is 3.06. The predicted octanol–water partition coefficient (Wildman–Crippen LogP) is 2.47. The molecule has 8 nitrogen and oxygen atoms in total. The molecular formula is C23H20FN3O5. The van der Waals surface area contributed by atoms with Gasteiger partial charge in [-0.25, -0.2) is 9.18 Å². The van der Waals surface area contributed by atoms with Gasteiger partial charge in [0.25, 0.3) is 5.91 Å². The number of aromatic amines is 1. The fourth-order valence-corrected chi connectivity index (χ4v) is 4.13. The predicted molar refractivity (Wildman–Crippen MR) is 114 cm³/mol. The van der Waals surface area contributed by atoms with Gasteiger partial charge in [-0.2, -0.15) is 0 Å². The third-order valence-electron chi connectivity index (χ3n) is 5.55. The van der Waals surface area contributed by atoms with Crippen molar-refractivity contribution in [2.24, 2.45) is 5.73 Å². The maximum absolute atomic E-state index is 13.3. The summed E-state index contributed by atoms with van der Waals surface area (Å²) in [6, 6.07) is 12.1. The minimum absolute atomic E-state index is 0.0801. The largest absolute Gasteiger partial charge is 0.478 e. The number of para-hydroxylation sites is 1. The van der Waals surface area contributed by atoms with Gasteiger partial charge >= 0.3 is 5.97 Å². The molecule has 1 aliphatic rings. The minimum Gasteiger partial charge on any atom is -0.478 e. The molecule has 9 heteroatoms. The molecule has 1 aromatic heterocycles. The number of carboxylic acids is 1. The van der Waals surface area contributed by atoms with E-state index in [1.165, 1.54) is 30.3 Å². The second-order valence-electron chi connectivity index (χ2n) is 7.44. The van der Waals surface area contributed by atoms with Gasteiger partial charge in [-0.05, 0) is 35.9 Å². The first kappa shape index (κ1) is 21.3. The number of H-pyrrole nitrogens is 1. The summed E-state index contributed by atoms with van der Waals surface area (Å²) in [6.07, 6.45) is 0.0914. The van der Waals surface area contributed by atoms with Crippen LogP contribution in [0.5, 0.6) is 0 Å². The number of hydrogen-bond acceptors (Lipinski definition) is 4. The van der Waals surface area contributed by atoms with Crippen molar-refractivity contribution >= 4 is 34.3 Å². The SMILES string of the molecule is COC(C(N)=O)C1CN(C(=O)c2ccc(F)cc2)C=C(C(=O)O)c2[nH]c3ccccc3c21. The maximum atomic E-state index is 13.3. The number of nitrogens with zero attached hydrogens (tertiary/aromatic N) is 1. The van der Waals surface area contributed by atoms with E-state index >= 15 is 0 Å². The quantitative estimate of drug-likeness (QED) is 0.565. The molecule has 0 aliphatic carbocycles. The van der Waals surface area contributed by atoms with Crippen LogP contribution in [0.4, 0.5) is 4.39 Å². The first-order valence-corrected chi connectivity index (χ1v) is 9.76. The van der Waals surface area contributed by atoms with Gasteiger partial charge in [-0.3, -0.25) is 9.59 Å². The molecule has 2 aromatic carbocycles. The number of primary amides is 1. The highest BCUT2D eigenvalue weighted by Crippen LogP contribution is 2.39. The fraction of sp³-hybridized carbons (Fsp3) is 0.174. The smallest absolute Gasteiger partial charge is 0.339 e. The average molecular weight is 437 g/mol. The lowest BCUT2D eigenvalue weighted by Gasteiger charge is -2.27. The molecule has 2 atom stereocenters. The van der Waals surface area contributed by atoms with Crippen LogP contribution < -0.4 is 5.73 Å². The standard InChI is InChI=1S/C23H20FN3O5/c1-32-20(21(25)28)15-10-27(22(29)12-6-8-13(24)9-7-12)11-16(23(30)31)19-18(15)14-4-2-3-5-17(14)26-19/h2-9,11,15,20,26H,10H2,1H3,(H2,25,28)(H,30,31).